The first-order valence-corrected chi connectivity index (χ1v) is 29.3. The van der Waals surface area contributed by atoms with Crippen LogP contribution in [0.4, 0.5) is 11.4 Å². The van der Waals surface area contributed by atoms with E-state index in [9.17, 15) is 0 Å². The van der Waals surface area contributed by atoms with Gasteiger partial charge in [0.25, 0.3) is 0 Å². The Labute approximate surface area is 338 Å². The first-order chi connectivity index (χ1) is 25.5. The van der Waals surface area contributed by atoms with Gasteiger partial charge in [-0.05, 0) is 55.5 Å². The van der Waals surface area contributed by atoms with Gasteiger partial charge in [-0.25, -0.2) is 0 Å². The molecule has 1 heterocycles. The number of thioether (sulfide) groups is 1. The predicted molar refractivity (Wildman–Crippen MR) is 239 cm³/mol. The normalized spacial score (nSPS) is 19.8. The van der Waals surface area contributed by atoms with Crippen molar-refractivity contribution in [3.05, 3.63) is 88.0 Å². The van der Waals surface area contributed by atoms with Crippen molar-refractivity contribution in [1.82, 2.24) is 0 Å². The Morgan fingerprint density at radius 1 is 0.566 bits per heavy atom. The Balaban J connectivity index is 0.000000213. The molecule has 3 saturated carbocycles. The minimum absolute atomic E-state index is 0.385. The fourth-order valence-corrected chi connectivity index (χ4v) is 22.2. The molecule has 4 aliphatic rings. The average Bonchev–Trinajstić information content (AvgIpc) is 3.57. The van der Waals surface area contributed by atoms with Crippen LogP contribution in [0.15, 0.2) is 59.5 Å². The molecule has 3 aromatic rings. The molecule has 292 valence electrons. The zero-order valence-corrected chi connectivity index (χ0v) is 38.3. The average molecular weight is 881 g/mol. The molecule has 2 nitrogen and oxygen atoms in total. The topological polar surface area (TPSA) is 6.48 Å². The molecular formula is C46H65Cl2N2PRuS. The van der Waals surface area contributed by atoms with E-state index in [1.165, 1.54) is 81.0 Å². The van der Waals surface area contributed by atoms with Crippen molar-refractivity contribution in [2.45, 2.75) is 160 Å². The third-order valence-electron chi connectivity index (χ3n) is 12.0. The predicted octanol–water partition coefficient (Wildman–Crippen LogP) is 14.4. The summed E-state index contributed by atoms with van der Waals surface area (Å²) >= 11 is -1.78. The molecule has 53 heavy (non-hydrogen) atoms. The molecule has 0 radical (unpaired) electrons. The van der Waals surface area contributed by atoms with Gasteiger partial charge < -0.3 is 0 Å². The van der Waals surface area contributed by atoms with Crippen LogP contribution in [0.5, 0.6) is 0 Å². The SMILES string of the molecule is C1CCC(P(C2CCCCC2)C2CCCCC2)CC1.Cc1cc(C)c(N2CCN(c3c(C)cc(C)cc3C)[C]2=[Ru]([Cl])([Cl])=[CH]Sc2ccccc2)c(C)c1. The van der Waals surface area contributed by atoms with Gasteiger partial charge in [-0.3, -0.25) is 0 Å². The summed E-state index contributed by atoms with van der Waals surface area (Å²) < 4.78 is 3.18. The number of benzene rings is 3. The van der Waals surface area contributed by atoms with Gasteiger partial charge >= 0.3 is 220 Å². The van der Waals surface area contributed by atoms with Crippen LogP contribution in [-0.2, 0) is 11.9 Å². The molecule has 0 unspecified atom stereocenters. The maximum absolute atomic E-state index is 7.39. The molecule has 0 N–H and O–H groups in total. The number of halogens is 2. The van der Waals surface area contributed by atoms with Gasteiger partial charge in [0.2, 0.25) is 0 Å². The van der Waals surface area contributed by atoms with E-state index in [-0.39, 0.29) is 0 Å². The summed E-state index contributed by atoms with van der Waals surface area (Å²) in [5.41, 5.74) is 13.6. The van der Waals surface area contributed by atoms with Gasteiger partial charge in [0.15, 0.2) is 0 Å². The van der Waals surface area contributed by atoms with Crippen molar-refractivity contribution in [3.63, 3.8) is 0 Å². The molecule has 0 bridgehead atoms. The quantitative estimate of drug-likeness (QED) is 0.133. The number of aryl methyl sites for hydroxylation is 6. The van der Waals surface area contributed by atoms with Crippen LogP contribution in [0.2, 0.25) is 0 Å². The molecule has 7 heteroatoms. The Morgan fingerprint density at radius 3 is 1.28 bits per heavy atom. The van der Waals surface area contributed by atoms with Crippen LogP contribution < -0.4 is 9.80 Å². The molecule has 7 rings (SSSR count). The van der Waals surface area contributed by atoms with Crippen LogP contribution in [0.25, 0.3) is 0 Å². The number of rotatable bonds is 7. The molecule has 0 aromatic heterocycles. The van der Waals surface area contributed by atoms with Crippen LogP contribution in [0.3, 0.4) is 0 Å². The van der Waals surface area contributed by atoms with Gasteiger partial charge in [-0.1, -0.05) is 65.7 Å². The molecule has 3 aliphatic carbocycles. The van der Waals surface area contributed by atoms with Gasteiger partial charge in [-0.15, -0.1) is 0 Å². The van der Waals surface area contributed by atoms with E-state index < -0.39 is 11.9 Å². The summed E-state index contributed by atoms with van der Waals surface area (Å²) in [4.78, 5) is 5.95. The van der Waals surface area contributed by atoms with Crippen molar-refractivity contribution >= 4 is 58.7 Å². The first kappa shape index (κ1) is 41.6. The molecule has 0 atom stereocenters. The summed E-state index contributed by atoms with van der Waals surface area (Å²) in [5.74, 6) is 0. The van der Waals surface area contributed by atoms with Crippen LogP contribution in [0.1, 0.15) is 130 Å². The van der Waals surface area contributed by atoms with E-state index in [4.69, 9.17) is 19.4 Å². The fraction of sp³-hybridized carbons (Fsp3) is 0.565. The van der Waals surface area contributed by atoms with Gasteiger partial charge in [0.05, 0.1) is 0 Å². The number of hydrogen-bond acceptors (Lipinski definition) is 3. The number of nitrogens with zero attached hydrogens (tertiary/aromatic N) is 2. The standard InChI is InChI=1S/C21H26N2.C18H33P.C7H6S.2ClH.Ru/c1-14-9-16(3)20(17(4)10-14)22-7-8-23(13-22)21-18(5)11-15(2)12-19(21)6;1-4-10-16(11-5-1)19(17-12-6-2-7-13-17)18-14-8-3-9-15-18;1-8-7-5-3-2-4-6-7;;;/h9-12H,7-8H2,1-6H3;16-18H,1-15H2;1-6H;2*1H;/q;;;;;+2/p-2. The van der Waals surface area contributed by atoms with Crippen LogP contribution in [0, 0.1) is 41.5 Å². The molecule has 1 saturated heterocycles. The molecule has 3 aromatic carbocycles. The van der Waals surface area contributed by atoms with E-state index in [1.807, 2.05) is 18.2 Å². The third kappa shape index (κ3) is 10.5. The molecule has 0 spiro atoms. The molecule has 0 amide bonds. The van der Waals surface area contributed by atoms with Crippen molar-refractivity contribution in [2.24, 2.45) is 0 Å². The Bertz CT molecular complexity index is 1640. The Morgan fingerprint density at radius 2 is 0.925 bits per heavy atom. The van der Waals surface area contributed by atoms with Crippen molar-refractivity contribution in [3.8, 4) is 0 Å². The minimum atomic E-state index is -3.42. The van der Waals surface area contributed by atoms with Crippen molar-refractivity contribution in [2.75, 3.05) is 22.9 Å². The summed E-state index contributed by atoms with van der Waals surface area (Å²) in [5, 5.41) is 0. The van der Waals surface area contributed by atoms with Crippen molar-refractivity contribution in [1.29, 1.82) is 0 Å². The second-order valence-electron chi connectivity index (χ2n) is 16.3. The fourth-order valence-electron chi connectivity index (χ4n) is 10.0. The van der Waals surface area contributed by atoms with Crippen LogP contribution >= 0.6 is 39.1 Å². The second-order valence-corrected chi connectivity index (χ2v) is 30.3. The zero-order chi connectivity index (χ0) is 37.5. The monoisotopic (exact) mass is 880 g/mol. The Hall–Kier alpha value is -1.02. The molecule has 1 aliphatic heterocycles. The number of hydrogen-bond donors (Lipinski definition) is 0. The van der Waals surface area contributed by atoms with E-state index in [0.717, 1.165) is 22.3 Å². The number of anilines is 2. The van der Waals surface area contributed by atoms with E-state index in [0.29, 0.717) is 7.92 Å². The van der Waals surface area contributed by atoms with Gasteiger partial charge in [-0.2, -0.15) is 0 Å². The first-order valence-electron chi connectivity index (χ1n) is 20.6. The van der Waals surface area contributed by atoms with E-state index in [1.54, 1.807) is 88.8 Å². The third-order valence-corrected chi connectivity index (χ3v) is 24.7. The molecular weight excluding hydrogens is 816 g/mol. The Kier molecular flexibility index (Phi) is 15.2. The maximum atomic E-state index is 7.39. The van der Waals surface area contributed by atoms with Crippen molar-refractivity contribution < 1.29 is 11.9 Å². The van der Waals surface area contributed by atoms with Gasteiger partial charge in [0, 0.05) is 0 Å². The summed E-state index contributed by atoms with van der Waals surface area (Å²) in [7, 11) is 15.2. The molecule has 4 fully saturated rings. The summed E-state index contributed by atoms with van der Waals surface area (Å²) in [6.45, 7) is 14.8. The van der Waals surface area contributed by atoms with Crippen LogP contribution in [-0.4, -0.2) is 38.4 Å². The second kappa shape index (κ2) is 19.4. The van der Waals surface area contributed by atoms with E-state index in [2.05, 4.69) is 91.7 Å². The van der Waals surface area contributed by atoms with Gasteiger partial charge in [0.1, 0.15) is 0 Å². The van der Waals surface area contributed by atoms with E-state index >= 15 is 0 Å². The summed E-state index contributed by atoms with van der Waals surface area (Å²) in [6, 6.07) is 19.3. The zero-order valence-electron chi connectivity index (χ0n) is 33.4. The summed E-state index contributed by atoms with van der Waals surface area (Å²) in [6.07, 6.45) is 23.6.